The molecule has 1 aliphatic heterocycles. The lowest BCUT2D eigenvalue weighted by molar-refractivity contribution is 0.631. The zero-order valence-electron chi connectivity index (χ0n) is 10.3. The normalized spacial score (nSPS) is 19.5. The van der Waals surface area contributed by atoms with Gasteiger partial charge in [0.25, 0.3) is 0 Å². The number of thioether (sulfide) groups is 1. The molecule has 0 radical (unpaired) electrons. The van der Waals surface area contributed by atoms with Crippen molar-refractivity contribution in [1.82, 2.24) is 9.97 Å². The van der Waals surface area contributed by atoms with E-state index in [2.05, 4.69) is 28.3 Å². The van der Waals surface area contributed by atoms with Crippen molar-refractivity contribution in [2.45, 2.75) is 13.3 Å². The van der Waals surface area contributed by atoms with Crippen LogP contribution in [0.15, 0.2) is 6.07 Å². The van der Waals surface area contributed by atoms with Crippen molar-refractivity contribution >= 4 is 45.1 Å². The fourth-order valence-corrected chi connectivity index (χ4v) is 4.35. The van der Waals surface area contributed by atoms with Crippen LogP contribution in [-0.2, 0) is 0 Å². The molecule has 0 aromatic carbocycles. The van der Waals surface area contributed by atoms with Gasteiger partial charge < -0.3 is 11.1 Å². The van der Waals surface area contributed by atoms with E-state index < -0.39 is 0 Å². The minimum Gasteiger partial charge on any atom is -0.369 e. The molecular weight excluding hydrogens is 264 g/mol. The molecule has 0 bridgehead atoms. The number of fused-ring (bicyclic) bond motifs is 1. The fraction of sp³-hybridized carbons (Fsp3) is 0.500. The van der Waals surface area contributed by atoms with E-state index in [1.165, 1.54) is 22.8 Å². The van der Waals surface area contributed by atoms with E-state index in [0.717, 1.165) is 28.5 Å². The summed E-state index contributed by atoms with van der Waals surface area (Å²) in [6.45, 7) is 3.06. The number of nitrogens with one attached hydrogen (secondary N) is 1. The van der Waals surface area contributed by atoms with Crippen LogP contribution >= 0.6 is 23.1 Å². The molecule has 3 N–H and O–H groups in total. The Labute approximate surface area is 114 Å². The van der Waals surface area contributed by atoms with E-state index in [9.17, 15) is 0 Å². The molecule has 0 amide bonds. The van der Waals surface area contributed by atoms with Crippen LogP contribution in [0.1, 0.15) is 11.3 Å². The van der Waals surface area contributed by atoms with E-state index >= 15 is 0 Å². The molecule has 3 rings (SSSR count). The molecule has 1 saturated heterocycles. The van der Waals surface area contributed by atoms with Gasteiger partial charge in [-0.2, -0.15) is 16.7 Å². The Balaban J connectivity index is 1.85. The maximum atomic E-state index is 5.76. The molecular formula is C12H16N4S2. The summed E-state index contributed by atoms with van der Waals surface area (Å²) in [5.41, 5.74) is 5.76. The highest BCUT2D eigenvalue weighted by Crippen LogP contribution is 2.30. The molecule has 1 aliphatic rings. The van der Waals surface area contributed by atoms with Crippen molar-refractivity contribution < 1.29 is 0 Å². The number of rotatable bonds is 3. The highest BCUT2D eigenvalue weighted by Gasteiger charge is 2.16. The van der Waals surface area contributed by atoms with Gasteiger partial charge in [-0.15, -0.1) is 11.3 Å². The maximum Gasteiger partial charge on any atom is 0.223 e. The summed E-state index contributed by atoms with van der Waals surface area (Å²) in [6, 6.07) is 2.13. The molecule has 0 saturated carbocycles. The first-order valence-electron chi connectivity index (χ1n) is 6.07. The molecule has 6 heteroatoms. The SMILES string of the molecule is Cc1cc2c(NCC3CCSC3)nc(N)nc2s1. The van der Waals surface area contributed by atoms with E-state index in [1.54, 1.807) is 11.3 Å². The standard InChI is InChI=1S/C12H16N4S2/c1-7-4-9-10(14-5-8-2-3-17-6-8)15-12(13)16-11(9)18-7/h4,8H,2-3,5-6H2,1H3,(H3,13,14,15,16). The Morgan fingerprint density at radius 1 is 1.50 bits per heavy atom. The molecule has 2 aromatic rings. The van der Waals surface area contributed by atoms with Gasteiger partial charge in [-0.3, -0.25) is 0 Å². The van der Waals surface area contributed by atoms with E-state index in [-0.39, 0.29) is 0 Å². The lowest BCUT2D eigenvalue weighted by atomic mass is 10.1. The Morgan fingerprint density at radius 3 is 3.17 bits per heavy atom. The fourth-order valence-electron chi connectivity index (χ4n) is 2.18. The number of anilines is 2. The number of aromatic nitrogens is 2. The number of nitrogen functional groups attached to an aromatic ring is 1. The second-order valence-electron chi connectivity index (χ2n) is 4.62. The summed E-state index contributed by atoms with van der Waals surface area (Å²) in [5, 5.41) is 4.54. The second-order valence-corrected chi connectivity index (χ2v) is 7.00. The van der Waals surface area contributed by atoms with Crippen LogP contribution in [0.3, 0.4) is 0 Å². The first kappa shape index (κ1) is 12.0. The summed E-state index contributed by atoms with van der Waals surface area (Å²) in [5.74, 6) is 4.53. The summed E-state index contributed by atoms with van der Waals surface area (Å²) < 4.78 is 0. The van der Waals surface area contributed by atoms with Crippen LogP contribution in [0.4, 0.5) is 11.8 Å². The van der Waals surface area contributed by atoms with Gasteiger partial charge in [0.05, 0.1) is 5.39 Å². The van der Waals surface area contributed by atoms with Crippen LogP contribution in [0.25, 0.3) is 10.2 Å². The molecule has 0 aliphatic carbocycles. The zero-order valence-corrected chi connectivity index (χ0v) is 11.9. The largest absolute Gasteiger partial charge is 0.369 e. The van der Waals surface area contributed by atoms with Crippen LogP contribution in [0, 0.1) is 12.8 Å². The zero-order chi connectivity index (χ0) is 12.5. The van der Waals surface area contributed by atoms with Crippen molar-refractivity contribution in [3.63, 3.8) is 0 Å². The van der Waals surface area contributed by atoms with Crippen molar-refractivity contribution in [3.05, 3.63) is 10.9 Å². The highest BCUT2D eigenvalue weighted by molar-refractivity contribution is 7.99. The third-order valence-electron chi connectivity index (χ3n) is 3.12. The Bertz CT molecular complexity index is 560. The van der Waals surface area contributed by atoms with Crippen molar-refractivity contribution in [3.8, 4) is 0 Å². The van der Waals surface area contributed by atoms with Crippen LogP contribution in [0.5, 0.6) is 0 Å². The average Bonchev–Trinajstić information content (AvgIpc) is 2.93. The average molecular weight is 280 g/mol. The van der Waals surface area contributed by atoms with E-state index in [0.29, 0.717) is 5.95 Å². The lowest BCUT2D eigenvalue weighted by Crippen LogP contribution is -2.15. The predicted molar refractivity (Wildman–Crippen MR) is 80.5 cm³/mol. The van der Waals surface area contributed by atoms with Gasteiger partial charge in [-0.05, 0) is 36.8 Å². The van der Waals surface area contributed by atoms with Gasteiger partial charge in [-0.25, -0.2) is 4.98 Å². The van der Waals surface area contributed by atoms with Gasteiger partial charge in [0.1, 0.15) is 10.6 Å². The first-order chi connectivity index (χ1) is 8.72. The van der Waals surface area contributed by atoms with Gasteiger partial charge in [0.2, 0.25) is 5.95 Å². The summed E-state index contributed by atoms with van der Waals surface area (Å²) in [6.07, 6.45) is 1.30. The van der Waals surface area contributed by atoms with Gasteiger partial charge in [0.15, 0.2) is 0 Å². The van der Waals surface area contributed by atoms with Gasteiger partial charge in [0, 0.05) is 11.4 Å². The lowest BCUT2D eigenvalue weighted by Gasteiger charge is -2.11. The minimum atomic E-state index is 0.354. The Hall–Kier alpha value is -1.01. The number of thiophene rings is 1. The number of hydrogen-bond donors (Lipinski definition) is 2. The Kier molecular flexibility index (Phi) is 3.30. The summed E-state index contributed by atoms with van der Waals surface area (Å²) in [4.78, 5) is 10.8. The molecule has 1 unspecified atom stereocenters. The van der Waals surface area contributed by atoms with E-state index in [1.807, 2.05) is 11.8 Å². The maximum absolute atomic E-state index is 5.76. The van der Waals surface area contributed by atoms with Gasteiger partial charge >= 0.3 is 0 Å². The molecule has 1 fully saturated rings. The second kappa shape index (κ2) is 4.93. The molecule has 96 valence electrons. The molecule has 4 nitrogen and oxygen atoms in total. The summed E-state index contributed by atoms with van der Waals surface area (Å²) >= 11 is 3.70. The third-order valence-corrected chi connectivity index (χ3v) is 5.29. The van der Waals surface area contributed by atoms with Crippen LogP contribution < -0.4 is 11.1 Å². The molecule has 0 spiro atoms. The number of aryl methyl sites for hydroxylation is 1. The smallest absolute Gasteiger partial charge is 0.223 e. The third kappa shape index (κ3) is 2.40. The molecule has 1 atom stereocenters. The molecule has 3 heterocycles. The van der Waals surface area contributed by atoms with Crippen LogP contribution in [0.2, 0.25) is 0 Å². The van der Waals surface area contributed by atoms with E-state index in [4.69, 9.17) is 5.73 Å². The van der Waals surface area contributed by atoms with Crippen molar-refractivity contribution in [2.75, 3.05) is 29.1 Å². The van der Waals surface area contributed by atoms with Crippen LogP contribution in [-0.4, -0.2) is 28.0 Å². The predicted octanol–water partition coefficient (Wildman–Crippen LogP) is 2.75. The number of nitrogens with zero attached hydrogens (tertiary/aromatic N) is 2. The van der Waals surface area contributed by atoms with Gasteiger partial charge in [-0.1, -0.05) is 0 Å². The topological polar surface area (TPSA) is 63.8 Å². The molecule has 18 heavy (non-hydrogen) atoms. The monoisotopic (exact) mass is 280 g/mol. The quantitative estimate of drug-likeness (QED) is 0.905. The number of nitrogens with two attached hydrogens (primary N) is 1. The molecule has 2 aromatic heterocycles. The summed E-state index contributed by atoms with van der Waals surface area (Å²) in [7, 11) is 0. The number of hydrogen-bond acceptors (Lipinski definition) is 6. The van der Waals surface area contributed by atoms with Crippen molar-refractivity contribution in [2.24, 2.45) is 5.92 Å². The minimum absolute atomic E-state index is 0.354. The highest BCUT2D eigenvalue weighted by atomic mass is 32.2. The first-order valence-corrected chi connectivity index (χ1v) is 8.05. The Morgan fingerprint density at radius 2 is 2.39 bits per heavy atom. The van der Waals surface area contributed by atoms with Crippen molar-refractivity contribution in [1.29, 1.82) is 0 Å².